The first-order chi connectivity index (χ1) is 16.1. The fourth-order valence-electron chi connectivity index (χ4n) is 4.24. The van der Waals surface area contributed by atoms with Crippen molar-refractivity contribution in [2.75, 3.05) is 6.61 Å². The molecule has 2 aromatic carbocycles. The number of nitrogens with zero attached hydrogens (tertiary/aromatic N) is 4. The molecular formula is C27H28N4O2. The summed E-state index contributed by atoms with van der Waals surface area (Å²) in [6, 6.07) is 19.8. The summed E-state index contributed by atoms with van der Waals surface area (Å²) in [7, 11) is 0. The van der Waals surface area contributed by atoms with E-state index in [2.05, 4.69) is 36.6 Å². The molecule has 6 nitrogen and oxygen atoms in total. The largest absolute Gasteiger partial charge is 0.494 e. The summed E-state index contributed by atoms with van der Waals surface area (Å²) < 4.78 is 9.79. The van der Waals surface area contributed by atoms with E-state index in [0.29, 0.717) is 25.3 Å². The smallest absolute Gasteiger partial charge is 0.254 e. The van der Waals surface area contributed by atoms with Crippen molar-refractivity contribution in [2.45, 2.75) is 39.8 Å². The van der Waals surface area contributed by atoms with Crippen LogP contribution in [0.3, 0.4) is 0 Å². The van der Waals surface area contributed by atoms with E-state index in [-0.39, 0.29) is 5.91 Å². The van der Waals surface area contributed by atoms with Crippen molar-refractivity contribution in [2.24, 2.45) is 0 Å². The molecule has 0 saturated carbocycles. The van der Waals surface area contributed by atoms with E-state index in [9.17, 15) is 4.79 Å². The highest BCUT2D eigenvalue weighted by Crippen LogP contribution is 2.31. The van der Waals surface area contributed by atoms with Gasteiger partial charge in [0.25, 0.3) is 5.91 Å². The fourth-order valence-corrected chi connectivity index (χ4v) is 4.24. The highest BCUT2D eigenvalue weighted by molar-refractivity contribution is 5.94. The number of carbonyl (C=O) groups excluding carboxylic acids is 1. The first-order valence-corrected chi connectivity index (χ1v) is 11.5. The quantitative estimate of drug-likeness (QED) is 0.366. The molecule has 33 heavy (non-hydrogen) atoms. The predicted octanol–water partition coefficient (Wildman–Crippen LogP) is 5.31. The molecule has 0 unspecified atom stereocenters. The lowest BCUT2D eigenvalue weighted by atomic mass is 10.2. The summed E-state index contributed by atoms with van der Waals surface area (Å²) in [6.07, 6.45) is 6.16. The molecule has 0 N–H and O–H groups in total. The first-order valence-electron chi connectivity index (χ1n) is 11.5. The molecule has 0 spiro atoms. The van der Waals surface area contributed by atoms with Crippen LogP contribution >= 0.6 is 0 Å². The second-order valence-electron chi connectivity index (χ2n) is 8.48. The first kappa shape index (κ1) is 21.1. The van der Waals surface area contributed by atoms with Crippen LogP contribution in [-0.4, -0.2) is 31.8 Å². The summed E-state index contributed by atoms with van der Waals surface area (Å²) in [5.74, 6) is 1.79. The Morgan fingerprint density at radius 3 is 2.55 bits per heavy atom. The summed E-state index contributed by atoms with van der Waals surface area (Å²) in [4.78, 5) is 15.1. The minimum Gasteiger partial charge on any atom is -0.494 e. The van der Waals surface area contributed by atoms with Crippen LogP contribution in [0.5, 0.6) is 5.75 Å². The molecule has 1 aliphatic rings. The Morgan fingerprint density at radius 1 is 1.03 bits per heavy atom. The number of hydrogen-bond donors (Lipinski definition) is 0. The van der Waals surface area contributed by atoms with Crippen LogP contribution in [0, 0.1) is 6.92 Å². The van der Waals surface area contributed by atoms with Gasteiger partial charge in [-0.25, -0.2) is 4.68 Å². The van der Waals surface area contributed by atoms with E-state index < -0.39 is 0 Å². The number of ether oxygens (including phenoxy) is 1. The number of amides is 1. The molecular weight excluding hydrogens is 412 g/mol. The van der Waals surface area contributed by atoms with Gasteiger partial charge in [0, 0.05) is 23.5 Å². The van der Waals surface area contributed by atoms with Crippen molar-refractivity contribution < 1.29 is 9.53 Å². The van der Waals surface area contributed by atoms with Crippen LogP contribution in [0.25, 0.3) is 11.5 Å². The molecule has 0 aliphatic carbocycles. The normalized spacial score (nSPS) is 12.7. The Kier molecular flexibility index (Phi) is 5.73. The Morgan fingerprint density at radius 2 is 1.82 bits per heavy atom. The molecule has 0 atom stereocenters. The van der Waals surface area contributed by atoms with Crippen molar-refractivity contribution in [3.63, 3.8) is 0 Å². The number of benzene rings is 2. The van der Waals surface area contributed by atoms with E-state index in [1.165, 1.54) is 5.56 Å². The van der Waals surface area contributed by atoms with Gasteiger partial charge in [0.15, 0.2) is 0 Å². The summed E-state index contributed by atoms with van der Waals surface area (Å²) in [5.41, 5.74) is 4.89. The number of rotatable bonds is 7. The maximum absolute atomic E-state index is 13.2. The Bertz CT molecular complexity index is 1260. The van der Waals surface area contributed by atoms with Gasteiger partial charge in [-0.05, 0) is 67.4 Å². The van der Waals surface area contributed by atoms with Gasteiger partial charge in [-0.15, -0.1) is 0 Å². The lowest BCUT2D eigenvalue weighted by Crippen LogP contribution is -2.26. The lowest BCUT2D eigenvalue weighted by Gasteiger charge is -2.18. The molecule has 0 fully saturated rings. The van der Waals surface area contributed by atoms with Gasteiger partial charge in [0.1, 0.15) is 11.6 Å². The average molecular weight is 441 g/mol. The number of fused-ring (bicyclic) bond motifs is 1. The third kappa shape index (κ3) is 4.16. The molecule has 3 heterocycles. The van der Waals surface area contributed by atoms with Crippen LogP contribution in [0.1, 0.15) is 46.9 Å². The standard InChI is InChI=1S/C27H28N4O2/c1-3-4-16-33-23-12-10-21(11-13-23)27(32)30-18-24-25(19-30)28-31(22-9-7-8-20(2)17-22)26(24)29-14-5-6-15-29/h5-15,17H,3-4,16,18-19H2,1-2H3. The molecule has 5 rings (SSSR count). The molecule has 0 saturated heterocycles. The summed E-state index contributed by atoms with van der Waals surface area (Å²) in [5, 5.41) is 4.92. The van der Waals surface area contributed by atoms with E-state index >= 15 is 0 Å². The fraction of sp³-hybridized carbons (Fsp3) is 0.259. The molecule has 0 bridgehead atoms. The molecule has 1 amide bonds. The van der Waals surface area contributed by atoms with Gasteiger partial charge in [0.2, 0.25) is 0 Å². The Hall–Kier alpha value is -3.80. The highest BCUT2D eigenvalue weighted by Gasteiger charge is 2.31. The highest BCUT2D eigenvalue weighted by atomic mass is 16.5. The molecule has 4 aromatic rings. The van der Waals surface area contributed by atoms with Gasteiger partial charge in [-0.3, -0.25) is 4.79 Å². The van der Waals surface area contributed by atoms with Crippen molar-refractivity contribution in [1.82, 2.24) is 19.2 Å². The van der Waals surface area contributed by atoms with E-state index in [1.54, 1.807) is 0 Å². The zero-order valence-electron chi connectivity index (χ0n) is 19.1. The maximum Gasteiger partial charge on any atom is 0.254 e. The van der Waals surface area contributed by atoms with Gasteiger partial charge in [0.05, 0.1) is 31.1 Å². The van der Waals surface area contributed by atoms with Crippen LogP contribution in [0.15, 0.2) is 73.1 Å². The van der Waals surface area contributed by atoms with E-state index in [0.717, 1.165) is 41.4 Å². The van der Waals surface area contributed by atoms with Crippen molar-refractivity contribution in [3.8, 4) is 17.3 Å². The molecule has 6 heteroatoms. The predicted molar refractivity (Wildman–Crippen MR) is 128 cm³/mol. The second-order valence-corrected chi connectivity index (χ2v) is 8.48. The van der Waals surface area contributed by atoms with Crippen LogP contribution in [-0.2, 0) is 13.1 Å². The van der Waals surface area contributed by atoms with E-state index in [1.807, 2.05) is 64.4 Å². The molecule has 2 aromatic heterocycles. The molecule has 1 aliphatic heterocycles. The van der Waals surface area contributed by atoms with Crippen molar-refractivity contribution in [1.29, 1.82) is 0 Å². The number of unbranched alkanes of at least 4 members (excludes halogenated alkanes) is 1. The van der Waals surface area contributed by atoms with Gasteiger partial charge >= 0.3 is 0 Å². The number of aryl methyl sites for hydroxylation is 1. The van der Waals surface area contributed by atoms with Gasteiger partial charge < -0.3 is 14.2 Å². The zero-order valence-corrected chi connectivity index (χ0v) is 19.1. The number of aromatic nitrogens is 3. The minimum atomic E-state index is 0.00803. The summed E-state index contributed by atoms with van der Waals surface area (Å²) in [6.45, 7) is 5.94. The minimum absolute atomic E-state index is 0.00803. The van der Waals surface area contributed by atoms with Gasteiger partial charge in [-0.1, -0.05) is 25.5 Å². The van der Waals surface area contributed by atoms with Gasteiger partial charge in [-0.2, -0.15) is 5.10 Å². The number of carbonyl (C=O) groups is 1. The molecule has 0 radical (unpaired) electrons. The summed E-state index contributed by atoms with van der Waals surface area (Å²) >= 11 is 0. The van der Waals surface area contributed by atoms with Crippen LogP contribution < -0.4 is 4.74 Å². The van der Waals surface area contributed by atoms with Crippen molar-refractivity contribution in [3.05, 3.63) is 95.4 Å². The SMILES string of the molecule is CCCCOc1ccc(C(=O)N2Cc3nn(-c4cccc(C)c4)c(-n4cccc4)c3C2)cc1. The third-order valence-corrected chi connectivity index (χ3v) is 5.98. The molecule has 168 valence electrons. The second kappa shape index (κ2) is 8.98. The van der Waals surface area contributed by atoms with E-state index in [4.69, 9.17) is 9.84 Å². The maximum atomic E-state index is 13.2. The topological polar surface area (TPSA) is 52.3 Å². The Balaban J connectivity index is 1.40. The third-order valence-electron chi connectivity index (χ3n) is 5.98. The average Bonchev–Trinajstić information content (AvgIpc) is 3.55. The van der Waals surface area contributed by atoms with Crippen LogP contribution in [0.4, 0.5) is 0 Å². The lowest BCUT2D eigenvalue weighted by molar-refractivity contribution is 0.0749. The van der Waals surface area contributed by atoms with Crippen molar-refractivity contribution >= 4 is 5.91 Å². The zero-order chi connectivity index (χ0) is 22.8. The van der Waals surface area contributed by atoms with Crippen LogP contribution in [0.2, 0.25) is 0 Å². The number of hydrogen-bond acceptors (Lipinski definition) is 3. The monoisotopic (exact) mass is 440 g/mol. The Labute approximate surface area is 194 Å².